The van der Waals surface area contributed by atoms with E-state index in [4.69, 9.17) is 0 Å². The Morgan fingerprint density at radius 2 is 1.94 bits per heavy atom. The van der Waals surface area contributed by atoms with Crippen LogP contribution in [-0.2, 0) is 0 Å². The molecule has 2 aromatic heterocycles. The number of benzene rings is 1. The molecule has 2 N–H and O–H groups in total. The first kappa shape index (κ1) is 24.1. The van der Waals surface area contributed by atoms with Gasteiger partial charge in [-0.3, -0.25) is 19.1 Å². The molecular weight excluding hydrogens is 477 g/mol. The average Bonchev–Trinajstić information content (AvgIpc) is 3.23. The molecule has 0 spiro atoms. The number of halogens is 5. The minimum absolute atomic E-state index is 0.114. The summed E-state index contributed by atoms with van der Waals surface area (Å²) in [5, 5.41) is 4.14. The number of rotatable bonds is 5. The van der Waals surface area contributed by atoms with Gasteiger partial charge in [0.05, 0.1) is 11.1 Å². The van der Waals surface area contributed by atoms with Gasteiger partial charge in [0, 0.05) is 25.4 Å². The lowest BCUT2D eigenvalue weighted by molar-refractivity contribution is -0.153. The average molecular weight is 495 g/mol. The zero-order valence-electron chi connectivity index (χ0n) is 18.1. The van der Waals surface area contributed by atoms with Crippen LogP contribution < -0.4 is 21.0 Å². The van der Waals surface area contributed by atoms with Crippen LogP contribution in [0.15, 0.2) is 41.3 Å². The van der Waals surface area contributed by atoms with E-state index in [1.54, 1.807) is 5.32 Å². The SMILES string of the molecule is CCC(NC(=O)c1cn(-c2ccc(F)cc2F)c2nc(N3CCNC3=O)ccc2c1=O)C(F)(F)F. The van der Waals surface area contributed by atoms with Crippen molar-refractivity contribution < 1.29 is 31.5 Å². The number of carbonyl (C=O) groups excluding carboxylic acids is 2. The normalized spacial score (nSPS) is 14.8. The van der Waals surface area contributed by atoms with Gasteiger partial charge in [0.25, 0.3) is 5.91 Å². The summed E-state index contributed by atoms with van der Waals surface area (Å²) in [5.74, 6) is -3.18. The van der Waals surface area contributed by atoms with E-state index >= 15 is 0 Å². The quantitative estimate of drug-likeness (QED) is 0.532. The third-order valence-electron chi connectivity index (χ3n) is 5.49. The first-order valence-corrected chi connectivity index (χ1v) is 10.5. The minimum atomic E-state index is -4.75. The summed E-state index contributed by atoms with van der Waals surface area (Å²) in [6.07, 6.45) is -4.39. The second kappa shape index (κ2) is 8.96. The predicted molar refractivity (Wildman–Crippen MR) is 116 cm³/mol. The third-order valence-corrected chi connectivity index (χ3v) is 5.49. The van der Waals surface area contributed by atoms with Crippen LogP contribution in [-0.4, -0.2) is 46.8 Å². The molecule has 1 aromatic carbocycles. The van der Waals surface area contributed by atoms with Gasteiger partial charge in [-0.2, -0.15) is 13.2 Å². The van der Waals surface area contributed by atoms with Gasteiger partial charge in [0.15, 0.2) is 5.65 Å². The van der Waals surface area contributed by atoms with Crippen molar-refractivity contribution in [2.75, 3.05) is 18.0 Å². The number of carbonyl (C=O) groups is 2. The number of nitrogens with one attached hydrogen (secondary N) is 2. The summed E-state index contributed by atoms with van der Waals surface area (Å²) in [4.78, 5) is 43.4. The van der Waals surface area contributed by atoms with E-state index in [1.165, 1.54) is 24.0 Å². The number of hydrogen-bond acceptors (Lipinski definition) is 4. The molecule has 1 fully saturated rings. The van der Waals surface area contributed by atoms with Crippen molar-refractivity contribution in [2.45, 2.75) is 25.6 Å². The number of aromatic nitrogens is 2. The third kappa shape index (κ3) is 4.53. The molecule has 1 unspecified atom stereocenters. The second-order valence-electron chi connectivity index (χ2n) is 7.74. The zero-order valence-corrected chi connectivity index (χ0v) is 18.1. The number of anilines is 1. The van der Waals surface area contributed by atoms with Crippen LogP contribution in [0.4, 0.5) is 32.6 Å². The van der Waals surface area contributed by atoms with Crippen molar-refractivity contribution in [1.29, 1.82) is 0 Å². The van der Waals surface area contributed by atoms with Gasteiger partial charge in [-0.05, 0) is 30.7 Å². The van der Waals surface area contributed by atoms with Crippen LogP contribution in [0.3, 0.4) is 0 Å². The highest BCUT2D eigenvalue weighted by Gasteiger charge is 2.39. The van der Waals surface area contributed by atoms with Gasteiger partial charge >= 0.3 is 12.2 Å². The number of amides is 3. The van der Waals surface area contributed by atoms with Gasteiger partial charge in [0.1, 0.15) is 29.1 Å². The summed E-state index contributed by atoms with van der Waals surface area (Å²) in [6, 6.07) is 2.41. The first-order valence-electron chi connectivity index (χ1n) is 10.5. The number of urea groups is 1. The van der Waals surface area contributed by atoms with E-state index in [0.717, 1.165) is 22.9 Å². The van der Waals surface area contributed by atoms with Crippen LogP contribution in [0.25, 0.3) is 16.7 Å². The van der Waals surface area contributed by atoms with E-state index in [9.17, 15) is 36.3 Å². The molecule has 0 saturated carbocycles. The lowest BCUT2D eigenvalue weighted by atomic mass is 10.1. The monoisotopic (exact) mass is 495 g/mol. The maximum Gasteiger partial charge on any atom is 0.408 e. The zero-order chi connectivity index (χ0) is 25.5. The topological polar surface area (TPSA) is 96.3 Å². The molecule has 0 radical (unpaired) electrons. The summed E-state index contributed by atoms with van der Waals surface area (Å²) in [6.45, 7) is 1.82. The molecule has 3 heterocycles. The molecule has 3 aromatic rings. The molecule has 0 bridgehead atoms. The molecule has 1 aliphatic rings. The fraction of sp³-hybridized carbons (Fsp3) is 0.273. The summed E-state index contributed by atoms with van der Waals surface area (Å²) < 4.78 is 68.7. The lowest BCUT2D eigenvalue weighted by Crippen LogP contribution is -2.46. The molecular formula is C22H18F5N5O3. The Labute approximate surface area is 194 Å². The van der Waals surface area contributed by atoms with Gasteiger partial charge in [-0.1, -0.05) is 6.92 Å². The molecule has 1 atom stereocenters. The minimum Gasteiger partial charge on any atom is -0.340 e. The Balaban J connectivity index is 1.93. The Morgan fingerprint density at radius 1 is 1.20 bits per heavy atom. The Morgan fingerprint density at radius 3 is 2.54 bits per heavy atom. The van der Waals surface area contributed by atoms with Gasteiger partial charge in [0.2, 0.25) is 5.43 Å². The van der Waals surface area contributed by atoms with Crippen molar-refractivity contribution in [3.05, 3.63) is 63.9 Å². The van der Waals surface area contributed by atoms with Crippen LogP contribution in [0.5, 0.6) is 0 Å². The smallest absolute Gasteiger partial charge is 0.340 e. The Hall–Kier alpha value is -4.03. The van der Waals surface area contributed by atoms with Gasteiger partial charge in [-0.15, -0.1) is 0 Å². The van der Waals surface area contributed by atoms with Crippen molar-refractivity contribution in [2.24, 2.45) is 0 Å². The van der Waals surface area contributed by atoms with E-state index < -0.39 is 53.2 Å². The predicted octanol–water partition coefficient (Wildman–Crippen LogP) is 3.26. The summed E-state index contributed by atoms with van der Waals surface area (Å²) in [7, 11) is 0. The number of pyridine rings is 2. The molecule has 0 aliphatic carbocycles. The van der Waals surface area contributed by atoms with Crippen LogP contribution in [0.1, 0.15) is 23.7 Å². The molecule has 1 aliphatic heterocycles. The number of fused-ring (bicyclic) bond motifs is 1. The number of hydrogen-bond donors (Lipinski definition) is 2. The van der Waals surface area contributed by atoms with Crippen molar-refractivity contribution >= 4 is 28.8 Å². The molecule has 3 amide bonds. The van der Waals surface area contributed by atoms with Gasteiger partial charge in [-0.25, -0.2) is 18.6 Å². The van der Waals surface area contributed by atoms with E-state index in [1.807, 2.05) is 0 Å². The highest BCUT2D eigenvalue weighted by atomic mass is 19.4. The van der Waals surface area contributed by atoms with Crippen LogP contribution >= 0.6 is 0 Å². The van der Waals surface area contributed by atoms with Crippen LogP contribution in [0.2, 0.25) is 0 Å². The largest absolute Gasteiger partial charge is 0.408 e. The Bertz CT molecular complexity index is 1390. The highest BCUT2D eigenvalue weighted by molar-refractivity contribution is 5.98. The molecule has 4 rings (SSSR count). The molecule has 184 valence electrons. The fourth-order valence-electron chi connectivity index (χ4n) is 3.71. The molecule has 1 saturated heterocycles. The summed E-state index contributed by atoms with van der Waals surface area (Å²) >= 11 is 0. The Kier molecular flexibility index (Phi) is 6.17. The fourth-order valence-corrected chi connectivity index (χ4v) is 3.71. The van der Waals surface area contributed by atoms with Crippen LogP contribution in [0, 0.1) is 11.6 Å². The van der Waals surface area contributed by atoms with Crippen molar-refractivity contribution in [3.63, 3.8) is 0 Å². The molecule has 8 nitrogen and oxygen atoms in total. The second-order valence-corrected chi connectivity index (χ2v) is 7.74. The van der Waals surface area contributed by atoms with Gasteiger partial charge < -0.3 is 10.6 Å². The van der Waals surface area contributed by atoms with E-state index in [2.05, 4.69) is 10.3 Å². The van der Waals surface area contributed by atoms with Crippen molar-refractivity contribution in [1.82, 2.24) is 20.2 Å². The molecule has 13 heteroatoms. The van der Waals surface area contributed by atoms with E-state index in [-0.39, 0.29) is 29.1 Å². The first-order chi connectivity index (χ1) is 16.5. The number of alkyl halides is 3. The molecule has 35 heavy (non-hydrogen) atoms. The van der Waals surface area contributed by atoms with E-state index in [0.29, 0.717) is 12.6 Å². The maximum absolute atomic E-state index is 14.7. The standard InChI is InChI=1S/C22H18F5N5O3/c1-2-16(22(25,26)27)29-20(34)13-10-32(15-5-3-11(23)9-14(15)24)19-12(18(13)33)4-6-17(30-19)31-8-7-28-21(31)35/h3-6,9-10,16H,2,7-8H2,1H3,(H,28,35)(H,29,34). The van der Waals surface area contributed by atoms with Crippen molar-refractivity contribution in [3.8, 4) is 5.69 Å². The highest BCUT2D eigenvalue weighted by Crippen LogP contribution is 2.25. The lowest BCUT2D eigenvalue weighted by Gasteiger charge is -2.21. The maximum atomic E-state index is 14.7. The summed E-state index contributed by atoms with van der Waals surface area (Å²) in [5.41, 5.74) is -2.14. The number of nitrogens with zero attached hydrogens (tertiary/aromatic N) is 3.